The Labute approximate surface area is 166 Å². The van der Waals surface area contributed by atoms with E-state index in [1.54, 1.807) is 0 Å². The van der Waals surface area contributed by atoms with E-state index >= 15 is 0 Å². The van der Waals surface area contributed by atoms with Gasteiger partial charge in [-0.15, -0.1) is 0 Å². The Bertz CT molecular complexity index is 818. The van der Waals surface area contributed by atoms with Gasteiger partial charge in [0.25, 0.3) is 0 Å². The Hall–Kier alpha value is -2.83. The topological polar surface area (TPSA) is 62.4 Å². The van der Waals surface area contributed by atoms with Crippen molar-refractivity contribution in [2.75, 3.05) is 40.4 Å². The van der Waals surface area contributed by atoms with Gasteiger partial charge in [-0.3, -0.25) is 5.10 Å². The number of rotatable bonds is 11. The van der Waals surface area contributed by atoms with Crippen LogP contribution in [0.2, 0.25) is 0 Å². The number of likely N-dealkylation sites (N-methyl/N-ethyl adjacent to an activating group) is 2. The second-order valence-electron chi connectivity index (χ2n) is 6.63. The molecule has 0 aliphatic rings. The van der Waals surface area contributed by atoms with Crippen LogP contribution in [-0.2, 0) is 6.54 Å². The summed E-state index contributed by atoms with van der Waals surface area (Å²) in [6.07, 6.45) is 1.97. The van der Waals surface area contributed by atoms with Crippen molar-refractivity contribution < 1.29 is 9.47 Å². The van der Waals surface area contributed by atoms with Gasteiger partial charge in [-0.05, 0) is 50.5 Å². The molecule has 0 unspecified atom stereocenters. The summed E-state index contributed by atoms with van der Waals surface area (Å²) in [6.45, 7) is 3.80. The highest BCUT2D eigenvalue weighted by Crippen LogP contribution is 2.24. The van der Waals surface area contributed by atoms with Crippen molar-refractivity contribution in [3.8, 4) is 22.8 Å². The summed E-state index contributed by atoms with van der Waals surface area (Å²) in [5.74, 6) is 1.68. The molecule has 28 heavy (non-hydrogen) atoms. The maximum Gasteiger partial charge on any atom is 0.122 e. The molecule has 0 bridgehead atoms. The van der Waals surface area contributed by atoms with Gasteiger partial charge in [0.15, 0.2) is 0 Å². The van der Waals surface area contributed by atoms with E-state index < -0.39 is 0 Å². The number of hydrogen-bond donors (Lipinski definition) is 2. The van der Waals surface area contributed by atoms with Crippen molar-refractivity contribution in [2.45, 2.75) is 6.54 Å². The van der Waals surface area contributed by atoms with Crippen LogP contribution in [0.3, 0.4) is 0 Å². The highest BCUT2D eigenvalue weighted by Gasteiger charge is 2.10. The van der Waals surface area contributed by atoms with Crippen LogP contribution < -0.4 is 14.8 Å². The molecular formula is C22H28N4O2. The van der Waals surface area contributed by atoms with Crippen molar-refractivity contribution in [1.29, 1.82) is 0 Å². The molecule has 148 valence electrons. The first-order chi connectivity index (χ1) is 13.8. The lowest BCUT2D eigenvalue weighted by Crippen LogP contribution is -2.26. The largest absolute Gasteiger partial charge is 0.490 e. The molecule has 6 nitrogen and oxygen atoms in total. The summed E-state index contributed by atoms with van der Waals surface area (Å²) in [6, 6.07) is 17.8. The highest BCUT2D eigenvalue weighted by molar-refractivity contribution is 5.63. The van der Waals surface area contributed by atoms with Crippen molar-refractivity contribution in [3.05, 3.63) is 66.4 Å². The third kappa shape index (κ3) is 5.84. The Balaban J connectivity index is 1.51. The maximum absolute atomic E-state index is 5.77. The monoisotopic (exact) mass is 380 g/mol. The normalized spacial score (nSPS) is 11.0. The molecule has 3 aromatic rings. The molecule has 6 heteroatoms. The minimum Gasteiger partial charge on any atom is -0.490 e. The first-order valence-electron chi connectivity index (χ1n) is 9.53. The molecule has 0 aliphatic heterocycles. The summed E-state index contributed by atoms with van der Waals surface area (Å²) in [4.78, 5) is 2.27. The number of aromatic amines is 1. The lowest BCUT2D eigenvalue weighted by molar-refractivity contribution is 0.217. The minimum atomic E-state index is 0.498. The van der Waals surface area contributed by atoms with Gasteiger partial charge in [-0.1, -0.05) is 18.2 Å². The zero-order chi connectivity index (χ0) is 19.6. The SMILES string of the molecule is CNCCN(C)Cc1c[nH]nc1-c1ccc(OCCOc2ccccc2)cc1. The van der Waals surface area contributed by atoms with Crippen molar-refractivity contribution in [1.82, 2.24) is 20.4 Å². The number of ether oxygens (including phenoxy) is 2. The van der Waals surface area contributed by atoms with E-state index in [9.17, 15) is 0 Å². The van der Waals surface area contributed by atoms with Crippen LogP contribution in [0.1, 0.15) is 5.56 Å². The van der Waals surface area contributed by atoms with Crippen LogP contribution >= 0.6 is 0 Å². The predicted molar refractivity (Wildman–Crippen MR) is 112 cm³/mol. The first-order valence-corrected chi connectivity index (χ1v) is 9.53. The third-order valence-electron chi connectivity index (χ3n) is 4.39. The molecule has 0 aliphatic carbocycles. The van der Waals surface area contributed by atoms with E-state index in [0.717, 1.165) is 42.4 Å². The number of nitrogens with zero attached hydrogens (tertiary/aromatic N) is 2. The second kappa shape index (κ2) is 10.5. The minimum absolute atomic E-state index is 0.498. The van der Waals surface area contributed by atoms with E-state index in [1.165, 1.54) is 5.56 Å². The molecule has 2 N–H and O–H groups in total. The Morgan fingerprint density at radius 3 is 2.32 bits per heavy atom. The number of H-pyrrole nitrogens is 1. The predicted octanol–water partition coefficient (Wildman–Crippen LogP) is 3.19. The van der Waals surface area contributed by atoms with E-state index in [0.29, 0.717) is 13.2 Å². The van der Waals surface area contributed by atoms with Gasteiger partial charge in [0, 0.05) is 37.0 Å². The van der Waals surface area contributed by atoms with Gasteiger partial charge in [0.1, 0.15) is 24.7 Å². The average Bonchev–Trinajstić information content (AvgIpc) is 3.19. The summed E-state index contributed by atoms with van der Waals surface area (Å²) in [7, 11) is 4.08. The molecule has 2 aromatic carbocycles. The smallest absolute Gasteiger partial charge is 0.122 e. The van der Waals surface area contributed by atoms with Crippen LogP contribution in [-0.4, -0.2) is 55.5 Å². The molecule has 1 heterocycles. The van der Waals surface area contributed by atoms with Crippen molar-refractivity contribution in [3.63, 3.8) is 0 Å². The number of para-hydroxylation sites is 1. The lowest BCUT2D eigenvalue weighted by Gasteiger charge is -2.16. The highest BCUT2D eigenvalue weighted by atomic mass is 16.5. The van der Waals surface area contributed by atoms with E-state index in [1.807, 2.05) is 67.8 Å². The zero-order valence-electron chi connectivity index (χ0n) is 16.5. The Morgan fingerprint density at radius 2 is 1.64 bits per heavy atom. The number of aromatic nitrogens is 2. The molecular weight excluding hydrogens is 352 g/mol. The number of benzene rings is 2. The van der Waals surface area contributed by atoms with Gasteiger partial charge in [0.05, 0.1) is 5.69 Å². The van der Waals surface area contributed by atoms with Crippen molar-refractivity contribution in [2.24, 2.45) is 0 Å². The fourth-order valence-corrected chi connectivity index (χ4v) is 2.90. The second-order valence-corrected chi connectivity index (χ2v) is 6.63. The molecule has 0 radical (unpaired) electrons. The number of hydrogen-bond acceptors (Lipinski definition) is 5. The van der Waals surface area contributed by atoms with Crippen molar-refractivity contribution >= 4 is 0 Å². The molecule has 0 atom stereocenters. The van der Waals surface area contributed by atoms with Crippen LogP contribution in [0.4, 0.5) is 0 Å². The molecule has 1 aromatic heterocycles. The average molecular weight is 380 g/mol. The van der Waals surface area contributed by atoms with Crippen LogP contribution in [0.25, 0.3) is 11.3 Å². The summed E-state index contributed by atoms with van der Waals surface area (Å²) in [5, 5.41) is 10.6. The Morgan fingerprint density at radius 1 is 0.964 bits per heavy atom. The molecule has 0 spiro atoms. The molecule has 0 amide bonds. The lowest BCUT2D eigenvalue weighted by atomic mass is 10.1. The number of nitrogens with one attached hydrogen (secondary N) is 2. The van der Waals surface area contributed by atoms with Crippen LogP contribution in [0.5, 0.6) is 11.5 Å². The first kappa shape index (κ1) is 19.9. The fraction of sp³-hybridized carbons (Fsp3) is 0.318. The van der Waals surface area contributed by atoms with Crippen LogP contribution in [0, 0.1) is 0 Å². The maximum atomic E-state index is 5.77. The fourth-order valence-electron chi connectivity index (χ4n) is 2.90. The van der Waals surface area contributed by atoms with Crippen LogP contribution in [0.15, 0.2) is 60.8 Å². The molecule has 0 fully saturated rings. The third-order valence-corrected chi connectivity index (χ3v) is 4.39. The quantitative estimate of drug-likeness (QED) is 0.500. The van der Waals surface area contributed by atoms with Gasteiger partial charge in [-0.25, -0.2) is 0 Å². The van der Waals surface area contributed by atoms with Gasteiger partial charge >= 0.3 is 0 Å². The molecule has 3 rings (SSSR count). The molecule has 0 saturated heterocycles. The van der Waals surface area contributed by atoms with E-state index in [-0.39, 0.29) is 0 Å². The Kier molecular flexibility index (Phi) is 7.46. The standard InChI is InChI=1S/C22H28N4O2/c1-23-12-13-26(2)17-19-16-24-25-22(19)18-8-10-21(11-9-18)28-15-14-27-20-6-4-3-5-7-20/h3-11,16,23H,12-15,17H2,1-2H3,(H,24,25). The van der Waals surface area contributed by atoms with Gasteiger partial charge < -0.3 is 19.7 Å². The van der Waals surface area contributed by atoms with E-state index in [2.05, 4.69) is 27.5 Å². The summed E-state index contributed by atoms with van der Waals surface area (Å²) in [5.41, 5.74) is 3.24. The summed E-state index contributed by atoms with van der Waals surface area (Å²) >= 11 is 0. The zero-order valence-corrected chi connectivity index (χ0v) is 16.5. The van der Waals surface area contributed by atoms with E-state index in [4.69, 9.17) is 9.47 Å². The summed E-state index contributed by atoms with van der Waals surface area (Å²) < 4.78 is 11.4. The van der Waals surface area contributed by atoms with Gasteiger partial charge in [0.2, 0.25) is 0 Å². The molecule has 0 saturated carbocycles. The van der Waals surface area contributed by atoms with Gasteiger partial charge in [-0.2, -0.15) is 5.10 Å².